The van der Waals surface area contributed by atoms with E-state index in [1.807, 2.05) is 0 Å². The number of nitrogens with zero attached hydrogens (tertiary/aromatic N) is 1. The Labute approximate surface area is 120 Å². The SMILES string of the molecule is CCC1(CCCC2CC3CC2C(N(C)C)C3)CCC1. The first-order chi connectivity index (χ1) is 9.13. The van der Waals surface area contributed by atoms with Gasteiger partial charge in [-0.15, -0.1) is 0 Å². The standard InChI is InChI=1S/C18H33N/c1-4-18(9-6-10-18)8-5-7-15-11-14-12-16(15)17(13-14)19(2)3/h14-17H,4-13H2,1-3H3. The first kappa shape index (κ1) is 13.9. The maximum Gasteiger partial charge on any atom is 0.0123 e. The van der Waals surface area contributed by atoms with E-state index in [9.17, 15) is 0 Å². The van der Waals surface area contributed by atoms with E-state index in [2.05, 4.69) is 25.9 Å². The summed E-state index contributed by atoms with van der Waals surface area (Å²) < 4.78 is 0. The monoisotopic (exact) mass is 263 g/mol. The lowest BCUT2D eigenvalue weighted by Crippen LogP contribution is -2.37. The van der Waals surface area contributed by atoms with Crippen molar-refractivity contribution in [3.05, 3.63) is 0 Å². The minimum atomic E-state index is 0.790. The lowest BCUT2D eigenvalue weighted by Gasteiger charge is -2.42. The summed E-state index contributed by atoms with van der Waals surface area (Å²) in [6, 6.07) is 0.910. The Morgan fingerprint density at radius 2 is 1.89 bits per heavy atom. The molecule has 0 heterocycles. The Morgan fingerprint density at radius 3 is 2.42 bits per heavy atom. The first-order valence-corrected chi connectivity index (χ1v) is 8.80. The van der Waals surface area contributed by atoms with Crippen molar-refractivity contribution in [2.75, 3.05) is 14.1 Å². The molecule has 3 fully saturated rings. The molecule has 0 saturated heterocycles. The third kappa shape index (κ3) is 2.60. The van der Waals surface area contributed by atoms with Crippen LogP contribution in [0, 0.1) is 23.2 Å². The first-order valence-electron chi connectivity index (χ1n) is 8.80. The van der Waals surface area contributed by atoms with Crippen LogP contribution in [0.2, 0.25) is 0 Å². The van der Waals surface area contributed by atoms with E-state index >= 15 is 0 Å². The van der Waals surface area contributed by atoms with Crippen molar-refractivity contribution in [3.63, 3.8) is 0 Å². The van der Waals surface area contributed by atoms with Crippen molar-refractivity contribution in [2.24, 2.45) is 23.2 Å². The van der Waals surface area contributed by atoms with Crippen molar-refractivity contribution in [1.82, 2.24) is 4.90 Å². The molecule has 1 heteroatoms. The molecule has 19 heavy (non-hydrogen) atoms. The fraction of sp³-hybridized carbons (Fsp3) is 1.00. The summed E-state index contributed by atoms with van der Waals surface area (Å²) in [4.78, 5) is 2.51. The second kappa shape index (κ2) is 5.39. The smallest absolute Gasteiger partial charge is 0.0123 e. The average molecular weight is 263 g/mol. The Balaban J connectivity index is 1.46. The molecule has 0 aromatic rings. The molecular formula is C18H33N. The molecule has 0 aromatic carbocycles. The highest BCUT2D eigenvalue weighted by molar-refractivity contribution is 4.99. The van der Waals surface area contributed by atoms with Crippen LogP contribution < -0.4 is 0 Å². The molecule has 0 radical (unpaired) electrons. The summed E-state index contributed by atoms with van der Waals surface area (Å²) >= 11 is 0. The van der Waals surface area contributed by atoms with Crippen LogP contribution in [-0.2, 0) is 0 Å². The molecule has 0 N–H and O–H groups in total. The molecule has 0 aromatic heterocycles. The largest absolute Gasteiger partial charge is 0.306 e. The van der Waals surface area contributed by atoms with Crippen LogP contribution in [0.3, 0.4) is 0 Å². The Morgan fingerprint density at radius 1 is 1.11 bits per heavy atom. The lowest BCUT2D eigenvalue weighted by molar-refractivity contribution is 0.0995. The van der Waals surface area contributed by atoms with Crippen LogP contribution in [0.5, 0.6) is 0 Å². The van der Waals surface area contributed by atoms with Crippen LogP contribution >= 0.6 is 0 Å². The molecule has 3 aliphatic carbocycles. The van der Waals surface area contributed by atoms with Crippen molar-refractivity contribution in [1.29, 1.82) is 0 Å². The zero-order valence-corrected chi connectivity index (χ0v) is 13.3. The highest BCUT2D eigenvalue weighted by atomic mass is 15.1. The van der Waals surface area contributed by atoms with E-state index in [4.69, 9.17) is 0 Å². The molecule has 3 aliphatic rings. The van der Waals surface area contributed by atoms with E-state index in [0.717, 1.165) is 29.2 Å². The molecule has 3 rings (SSSR count). The fourth-order valence-electron chi connectivity index (χ4n) is 5.58. The van der Waals surface area contributed by atoms with Gasteiger partial charge in [-0.25, -0.2) is 0 Å². The predicted octanol–water partition coefficient (Wildman–Crippen LogP) is 4.71. The average Bonchev–Trinajstić information content (AvgIpc) is 2.92. The van der Waals surface area contributed by atoms with Gasteiger partial charge in [-0.2, -0.15) is 0 Å². The van der Waals surface area contributed by atoms with Gasteiger partial charge < -0.3 is 4.90 Å². The van der Waals surface area contributed by atoms with E-state index < -0.39 is 0 Å². The lowest BCUT2D eigenvalue weighted by atomic mass is 9.64. The molecule has 0 aliphatic heterocycles. The van der Waals surface area contributed by atoms with Gasteiger partial charge in [-0.1, -0.05) is 32.6 Å². The summed E-state index contributed by atoms with van der Waals surface area (Å²) in [5.74, 6) is 3.19. The van der Waals surface area contributed by atoms with Gasteiger partial charge in [0.15, 0.2) is 0 Å². The predicted molar refractivity (Wildman–Crippen MR) is 82.2 cm³/mol. The van der Waals surface area contributed by atoms with Crippen LogP contribution in [0.15, 0.2) is 0 Å². The molecule has 3 saturated carbocycles. The normalized spacial score (nSPS) is 39.8. The Hall–Kier alpha value is -0.0400. The molecule has 2 bridgehead atoms. The molecule has 0 spiro atoms. The molecule has 110 valence electrons. The van der Waals surface area contributed by atoms with E-state index in [-0.39, 0.29) is 0 Å². The van der Waals surface area contributed by atoms with Gasteiger partial charge in [-0.05, 0) is 75.8 Å². The second-order valence-electron chi connectivity index (χ2n) is 8.13. The molecule has 4 atom stereocenters. The van der Waals surface area contributed by atoms with E-state index in [1.165, 1.54) is 51.4 Å². The van der Waals surface area contributed by atoms with Gasteiger partial charge in [0.2, 0.25) is 0 Å². The molecule has 4 unspecified atom stereocenters. The minimum Gasteiger partial charge on any atom is -0.306 e. The van der Waals surface area contributed by atoms with Gasteiger partial charge in [0.05, 0.1) is 0 Å². The summed E-state index contributed by atoms with van der Waals surface area (Å²) in [6.07, 6.45) is 15.2. The Kier molecular flexibility index (Phi) is 3.95. The number of fused-ring (bicyclic) bond motifs is 2. The zero-order valence-electron chi connectivity index (χ0n) is 13.3. The van der Waals surface area contributed by atoms with Gasteiger partial charge in [-0.3, -0.25) is 0 Å². The van der Waals surface area contributed by atoms with Crippen molar-refractivity contribution >= 4 is 0 Å². The Bertz CT molecular complexity index is 299. The van der Waals surface area contributed by atoms with Gasteiger partial charge in [0, 0.05) is 6.04 Å². The van der Waals surface area contributed by atoms with Crippen LogP contribution in [0.4, 0.5) is 0 Å². The summed E-state index contributed by atoms with van der Waals surface area (Å²) in [7, 11) is 4.59. The van der Waals surface area contributed by atoms with Gasteiger partial charge in [0.25, 0.3) is 0 Å². The molecular weight excluding hydrogens is 230 g/mol. The van der Waals surface area contributed by atoms with E-state index in [1.54, 1.807) is 12.8 Å². The second-order valence-corrected chi connectivity index (χ2v) is 8.13. The van der Waals surface area contributed by atoms with Crippen molar-refractivity contribution in [3.8, 4) is 0 Å². The maximum atomic E-state index is 2.51. The number of hydrogen-bond donors (Lipinski definition) is 0. The molecule has 0 amide bonds. The molecule has 1 nitrogen and oxygen atoms in total. The maximum absolute atomic E-state index is 2.51. The quantitative estimate of drug-likeness (QED) is 0.670. The highest BCUT2D eigenvalue weighted by Gasteiger charge is 2.46. The van der Waals surface area contributed by atoms with Gasteiger partial charge >= 0.3 is 0 Å². The summed E-state index contributed by atoms with van der Waals surface area (Å²) in [6.45, 7) is 2.42. The number of rotatable bonds is 6. The van der Waals surface area contributed by atoms with Crippen molar-refractivity contribution < 1.29 is 0 Å². The zero-order chi connectivity index (χ0) is 13.5. The summed E-state index contributed by atoms with van der Waals surface area (Å²) in [5, 5.41) is 0. The topological polar surface area (TPSA) is 3.24 Å². The third-order valence-corrected chi connectivity index (χ3v) is 7.03. The van der Waals surface area contributed by atoms with Gasteiger partial charge in [0.1, 0.15) is 0 Å². The highest BCUT2D eigenvalue weighted by Crippen LogP contribution is 2.53. The minimum absolute atomic E-state index is 0.790. The number of hydrogen-bond acceptors (Lipinski definition) is 1. The summed E-state index contributed by atoms with van der Waals surface area (Å²) in [5.41, 5.74) is 0.790. The van der Waals surface area contributed by atoms with Crippen LogP contribution in [0.1, 0.15) is 71.1 Å². The van der Waals surface area contributed by atoms with Crippen molar-refractivity contribution in [2.45, 2.75) is 77.2 Å². The fourth-order valence-corrected chi connectivity index (χ4v) is 5.58. The van der Waals surface area contributed by atoms with Crippen LogP contribution in [0.25, 0.3) is 0 Å². The van der Waals surface area contributed by atoms with Crippen LogP contribution in [-0.4, -0.2) is 25.0 Å². The van der Waals surface area contributed by atoms with E-state index in [0.29, 0.717) is 0 Å². The third-order valence-electron chi connectivity index (χ3n) is 7.03.